The van der Waals surface area contributed by atoms with Crippen LogP contribution in [0, 0.1) is 0 Å². The molecule has 1 saturated carbocycles. The minimum absolute atomic E-state index is 0. The number of benzene rings is 1. The Labute approximate surface area is 114 Å². The van der Waals surface area contributed by atoms with Crippen molar-refractivity contribution in [2.24, 2.45) is 0 Å². The van der Waals surface area contributed by atoms with Gasteiger partial charge in [-0.25, -0.2) is 0 Å². The van der Waals surface area contributed by atoms with Gasteiger partial charge in [0.25, 0.3) is 0 Å². The molecule has 1 fully saturated rings. The van der Waals surface area contributed by atoms with Crippen molar-refractivity contribution in [1.82, 2.24) is 5.32 Å². The number of hydrogen-bond donors (Lipinski definition) is 1. The van der Waals surface area contributed by atoms with Gasteiger partial charge in [-0.05, 0) is 30.5 Å². The van der Waals surface area contributed by atoms with Crippen molar-refractivity contribution in [3.05, 3.63) is 17.7 Å². The van der Waals surface area contributed by atoms with Crippen LogP contribution in [0.2, 0.25) is 0 Å². The Balaban J connectivity index is 0.00000162. The van der Waals surface area contributed by atoms with Crippen molar-refractivity contribution in [3.63, 3.8) is 0 Å². The summed E-state index contributed by atoms with van der Waals surface area (Å²) in [5, 5.41) is 3.46. The quantitative estimate of drug-likeness (QED) is 0.864. The van der Waals surface area contributed by atoms with Crippen LogP contribution >= 0.6 is 12.4 Å². The maximum Gasteiger partial charge on any atom is 0.203 e. The van der Waals surface area contributed by atoms with Crippen LogP contribution in [0.5, 0.6) is 17.2 Å². The molecule has 1 aliphatic carbocycles. The number of nitrogens with one attached hydrogen (secondary N) is 1. The lowest BCUT2D eigenvalue weighted by atomic mass is 10.1. The summed E-state index contributed by atoms with van der Waals surface area (Å²) in [7, 11) is 4.88. The fraction of sp³-hybridized carbons (Fsp3) is 0.538. The summed E-state index contributed by atoms with van der Waals surface area (Å²) in [5.74, 6) is 2.06. The third-order valence-corrected chi connectivity index (χ3v) is 2.90. The van der Waals surface area contributed by atoms with Crippen molar-refractivity contribution in [2.75, 3.05) is 21.3 Å². The number of methoxy groups -OCH3 is 3. The zero-order valence-corrected chi connectivity index (χ0v) is 11.8. The summed E-state index contributed by atoms with van der Waals surface area (Å²) in [4.78, 5) is 0. The maximum atomic E-state index is 5.31. The molecule has 0 spiro atoms. The van der Waals surface area contributed by atoms with E-state index in [1.165, 1.54) is 12.8 Å². The number of ether oxygens (including phenoxy) is 3. The van der Waals surface area contributed by atoms with E-state index in [0.717, 1.165) is 12.1 Å². The van der Waals surface area contributed by atoms with Crippen molar-refractivity contribution in [1.29, 1.82) is 0 Å². The van der Waals surface area contributed by atoms with E-state index in [-0.39, 0.29) is 12.4 Å². The largest absolute Gasteiger partial charge is 0.493 e. The summed E-state index contributed by atoms with van der Waals surface area (Å²) in [6.45, 7) is 0.835. The van der Waals surface area contributed by atoms with Gasteiger partial charge in [-0.3, -0.25) is 0 Å². The fourth-order valence-corrected chi connectivity index (χ4v) is 1.79. The zero-order chi connectivity index (χ0) is 12.3. The number of rotatable bonds is 6. The molecular formula is C13H20ClNO3. The molecule has 0 aliphatic heterocycles. The molecule has 0 saturated heterocycles. The van der Waals surface area contributed by atoms with E-state index in [1.54, 1.807) is 21.3 Å². The Bertz CT molecular complexity index is 369. The highest BCUT2D eigenvalue weighted by atomic mass is 35.5. The normalized spacial score (nSPS) is 13.7. The average molecular weight is 274 g/mol. The molecule has 5 heteroatoms. The highest BCUT2D eigenvalue weighted by molar-refractivity contribution is 5.85. The molecule has 4 nitrogen and oxygen atoms in total. The molecule has 1 aromatic carbocycles. The monoisotopic (exact) mass is 273 g/mol. The number of hydrogen-bond acceptors (Lipinski definition) is 4. The third-order valence-electron chi connectivity index (χ3n) is 2.90. The first-order valence-electron chi connectivity index (χ1n) is 5.80. The maximum absolute atomic E-state index is 5.31. The summed E-state index contributed by atoms with van der Waals surface area (Å²) in [6.07, 6.45) is 2.56. The van der Waals surface area contributed by atoms with Crippen LogP contribution in [-0.2, 0) is 6.54 Å². The second kappa shape index (κ2) is 6.71. The smallest absolute Gasteiger partial charge is 0.203 e. The molecule has 2 rings (SSSR count). The lowest BCUT2D eigenvalue weighted by molar-refractivity contribution is 0.323. The summed E-state index contributed by atoms with van der Waals surface area (Å²) < 4.78 is 15.9. The van der Waals surface area contributed by atoms with Crippen LogP contribution in [-0.4, -0.2) is 27.4 Å². The molecule has 0 bridgehead atoms. The molecule has 0 atom stereocenters. The van der Waals surface area contributed by atoms with Gasteiger partial charge in [0.1, 0.15) is 0 Å². The Hall–Kier alpha value is -1.13. The van der Waals surface area contributed by atoms with E-state index in [2.05, 4.69) is 5.32 Å². The summed E-state index contributed by atoms with van der Waals surface area (Å²) in [5.41, 5.74) is 1.14. The van der Waals surface area contributed by atoms with E-state index in [4.69, 9.17) is 14.2 Å². The van der Waals surface area contributed by atoms with Gasteiger partial charge in [-0.1, -0.05) is 0 Å². The first-order chi connectivity index (χ1) is 8.28. The van der Waals surface area contributed by atoms with Crippen molar-refractivity contribution in [3.8, 4) is 17.2 Å². The van der Waals surface area contributed by atoms with E-state index in [0.29, 0.717) is 23.3 Å². The van der Waals surface area contributed by atoms with Crippen LogP contribution < -0.4 is 19.5 Å². The van der Waals surface area contributed by atoms with Crippen molar-refractivity contribution in [2.45, 2.75) is 25.4 Å². The van der Waals surface area contributed by atoms with Gasteiger partial charge in [-0.2, -0.15) is 0 Å². The first-order valence-corrected chi connectivity index (χ1v) is 5.80. The van der Waals surface area contributed by atoms with Crippen molar-refractivity contribution < 1.29 is 14.2 Å². The lowest BCUT2D eigenvalue weighted by Crippen LogP contribution is -2.15. The topological polar surface area (TPSA) is 39.7 Å². The molecule has 18 heavy (non-hydrogen) atoms. The molecule has 102 valence electrons. The SMILES string of the molecule is COc1cc(CNC2CC2)cc(OC)c1OC.Cl. The Morgan fingerprint density at radius 1 is 1.06 bits per heavy atom. The highest BCUT2D eigenvalue weighted by Crippen LogP contribution is 2.38. The van der Waals surface area contributed by atoms with Gasteiger partial charge < -0.3 is 19.5 Å². The van der Waals surface area contributed by atoms with E-state index in [1.807, 2.05) is 12.1 Å². The minimum Gasteiger partial charge on any atom is -0.493 e. The lowest BCUT2D eigenvalue weighted by Gasteiger charge is -2.14. The summed E-state index contributed by atoms with van der Waals surface area (Å²) >= 11 is 0. The van der Waals surface area contributed by atoms with Crippen LogP contribution in [0.4, 0.5) is 0 Å². The second-order valence-electron chi connectivity index (χ2n) is 4.19. The standard InChI is InChI=1S/C13H19NO3.ClH/c1-15-11-6-9(8-14-10-4-5-10)7-12(16-2)13(11)17-3;/h6-7,10,14H,4-5,8H2,1-3H3;1H. The summed E-state index contributed by atoms with van der Waals surface area (Å²) in [6, 6.07) is 4.65. The zero-order valence-electron chi connectivity index (χ0n) is 11.0. The van der Waals surface area contributed by atoms with Gasteiger partial charge in [0.2, 0.25) is 5.75 Å². The molecule has 0 heterocycles. The molecule has 1 aromatic rings. The third kappa shape index (κ3) is 3.43. The first kappa shape index (κ1) is 14.9. The van der Waals surface area contributed by atoms with E-state index < -0.39 is 0 Å². The molecule has 0 amide bonds. The second-order valence-corrected chi connectivity index (χ2v) is 4.19. The molecular weight excluding hydrogens is 254 g/mol. The van der Waals surface area contributed by atoms with E-state index in [9.17, 15) is 0 Å². The predicted octanol–water partition coefficient (Wildman–Crippen LogP) is 2.39. The van der Waals surface area contributed by atoms with E-state index >= 15 is 0 Å². The van der Waals surface area contributed by atoms with Gasteiger partial charge >= 0.3 is 0 Å². The highest BCUT2D eigenvalue weighted by Gasteiger charge is 2.20. The Kier molecular flexibility index (Phi) is 5.56. The van der Waals surface area contributed by atoms with Gasteiger partial charge in [0.15, 0.2) is 11.5 Å². The van der Waals surface area contributed by atoms with Crippen LogP contribution in [0.3, 0.4) is 0 Å². The van der Waals surface area contributed by atoms with Crippen molar-refractivity contribution >= 4 is 12.4 Å². The minimum atomic E-state index is 0. The van der Waals surface area contributed by atoms with Gasteiger partial charge in [-0.15, -0.1) is 12.4 Å². The molecule has 0 radical (unpaired) electrons. The fourth-order valence-electron chi connectivity index (χ4n) is 1.79. The van der Waals surface area contributed by atoms with Crippen LogP contribution in [0.15, 0.2) is 12.1 Å². The van der Waals surface area contributed by atoms with Crippen LogP contribution in [0.1, 0.15) is 18.4 Å². The average Bonchev–Trinajstić information content (AvgIpc) is 3.18. The van der Waals surface area contributed by atoms with Gasteiger partial charge in [0.05, 0.1) is 21.3 Å². The molecule has 0 unspecified atom stereocenters. The molecule has 0 aromatic heterocycles. The molecule has 1 aliphatic rings. The van der Waals surface area contributed by atoms with Gasteiger partial charge in [0, 0.05) is 12.6 Å². The molecule has 1 N–H and O–H groups in total. The predicted molar refractivity (Wildman–Crippen MR) is 73.2 cm³/mol. The Morgan fingerprint density at radius 3 is 2.00 bits per heavy atom. The number of halogens is 1. The van der Waals surface area contributed by atoms with Crippen LogP contribution in [0.25, 0.3) is 0 Å². The Morgan fingerprint density at radius 2 is 1.61 bits per heavy atom.